The van der Waals surface area contributed by atoms with E-state index < -0.39 is 0 Å². The van der Waals surface area contributed by atoms with E-state index in [-0.39, 0.29) is 5.82 Å². The molecule has 0 bridgehead atoms. The summed E-state index contributed by atoms with van der Waals surface area (Å²) in [6, 6.07) is 13.1. The SMILES string of the molecule is N#Cc1ccc2oc(-c3cccc(F)c3)nc2c1. The highest BCUT2D eigenvalue weighted by molar-refractivity contribution is 5.77. The van der Waals surface area contributed by atoms with Crippen molar-refractivity contribution in [3.8, 4) is 17.5 Å². The van der Waals surface area contributed by atoms with Gasteiger partial charge in [0.2, 0.25) is 5.89 Å². The van der Waals surface area contributed by atoms with Crippen LogP contribution >= 0.6 is 0 Å². The molecule has 0 unspecified atom stereocenters. The van der Waals surface area contributed by atoms with E-state index in [0.29, 0.717) is 28.1 Å². The second-order valence-electron chi connectivity index (χ2n) is 3.82. The van der Waals surface area contributed by atoms with Crippen LogP contribution in [0.15, 0.2) is 46.9 Å². The number of halogens is 1. The third-order valence-corrected chi connectivity index (χ3v) is 2.59. The van der Waals surface area contributed by atoms with Crippen molar-refractivity contribution in [2.45, 2.75) is 0 Å². The van der Waals surface area contributed by atoms with Crippen molar-refractivity contribution in [1.29, 1.82) is 5.26 Å². The molecule has 3 aromatic rings. The Labute approximate surface area is 102 Å². The summed E-state index contributed by atoms with van der Waals surface area (Å²) in [4.78, 5) is 4.25. The fraction of sp³-hybridized carbons (Fsp3) is 0. The van der Waals surface area contributed by atoms with Gasteiger partial charge in [0.15, 0.2) is 5.58 Å². The van der Waals surface area contributed by atoms with Gasteiger partial charge in [0.25, 0.3) is 0 Å². The molecule has 86 valence electrons. The molecule has 0 aliphatic rings. The van der Waals surface area contributed by atoms with Crippen LogP contribution in [0.4, 0.5) is 4.39 Å². The first-order chi connectivity index (χ1) is 8.76. The van der Waals surface area contributed by atoms with Crippen molar-refractivity contribution in [1.82, 2.24) is 4.98 Å². The lowest BCUT2D eigenvalue weighted by Crippen LogP contribution is -1.79. The van der Waals surface area contributed by atoms with Crippen LogP contribution in [0.25, 0.3) is 22.6 Å². The first-order valence-corrected chi connectivity index (χ1v) is 5.33. The van der Waals surface area contributed by atoms with Gasteiger partial charge in [0.1, 0.15) is 11.3 Å². The minimum atomic E-state index is -0.340. The molecule has 1 heterocycles. The number of nitriles is 1. The lowest BCUT2D eigenvalue weighted by atomic mass is 10.2. The van der Waals surface area contributed by atoms with Crippen molar-refractivity contribution in [3.63, 3.8) is 0 Å². The minimum Gasteiger partial charge on any atom is -0.436 e. The zero-order chi connectivity index (χ0) is 12.5. The standard InChI is InChI=1S/C14H7FN2O/c15-11-3-1-2-10(7-11)14-17-12-6-9(8-16)4-5-13(12)18-14/h1-7H. The van der Waals surface area contributed by atoms with E-state index in [2.05, 4.69) is 4.98 Å². The molecule has 0 saturated carbocycles. The molecule has 0 amide bonds. The van der Waals surface area contributed by atoms with Crippen LogP contribution in [0.1, 0.15) is 5.56 Å². The number of hydrogen-bond donors (Lipinski definition) is 0. The molecule has 0 saturated heterocycles. The van der Waals surface area contributed by atoms with Gasteiger partial charge in [0.05, 0.1) is 11.6 Å². The summed E-state index contributed by atoms with van der Waals surface area (Å²) in [5.74, 6) is 0.00654. The summed E-state index contributed by atoms with van der Waals surface area (Å²) < 4.78 is 18.6. The maximum absolute atomic E-state index is 13.1. The van der Waals surface area contributed by atoms with E-state index in [1.165, 1.54) is 12.1 Å². The largest absolute Gasteiger partial charge is 0.436 e. The zero-order valence-corrected chi connectivity index (χ0v) is 9.22. The molecule has 0 atom stereocenters. The summed E-state index contributed by atoms with van der Waals surface area (Å²) >= 11 is 0. The van der Waals surface area contributed by atoms with Crippen LogP contribution < -0.4 is 0 Å². The predicted molar refractivity (Wildman–Crippen MR) is 64.1 cm³/mol. The van der Waals surface area contributed by atoms with Crippen LogP contribution in [0.5, 0.6) is 0 Å². The fourth-order valence-corrected chi connectivity index (χ4v) is 1.74. The third-order valence-electron chi connectivity index (χ3n) is 2.59. The minimum absolute atomic E-state index is 0.340. The molecule has 1 aromatic heterocycles. The number of fused-ring (bicyclic) bond motifs is 1. The van der Waals surface area contributed by atoms with E-state index >= 15 is 0 Å². The van der Waals surface area contributed by atoms with Crippen molar-refractivity contribution in [3.05, 3.63) is 53.8 Å². The van der Waals surface area contributed by atoms with Gasteiger partial charge in [-0.3, -0.25) is 0 Å². The van der Waals surface area contributed by atoms with Gasteiger partial charge < -0.3 is 4.42 Å². The maximum Gasteiger partial charge on any atom is 0.227 e. The normalized spacial score (nSPS) is 10.4. The number of benzene rings is 2. The third kappa shape index (κ3) is 1.72. The highest BCUT2D eigenvalue weighted by atomic mass is 19.1. The monoisotopic (exact) mass is 238 g/mol. The Kier molecular flexibility index (Phi) is 2.31. The summed E-state index contributed by atoms with van der Waals surface area (Å²) in [6.45, 7) is 0. The summed E-state index contributed by atoms with van der Waals surface area (Å²) in [7, 11) is 0. The lowest BCUT2D eigenvalue weighted by Gasteiger charge is -1.93. The van der Waals surface area contributed by atoms with E-state index in [9.17, 15) is 4.39 Å². The van der Waals surface area contributed by atoms with Crippen molar-refractivity contribution in [2.75, 3.05) is 0 Å². The fourth-order valence-electron chi connectivity index (χ4n) is 1.74. The smallest absolute Gasteiger partial charge is 0.227 e. The Morgan fingerprint density at radius 3 is 2.83 bits per heavy atom. The van der Waals surface area contributed by atoms with Crippen molar-refractivity contribution >= 4 is 11.1 Å². The summed E-state index contributed by atoms with van der Waals surface area (Å²) in [6.07, 6.45) is 0. The van der Waals surface area contributed by atoms with Crippen LogP contribution in [0.2, 0.25) is 0 Å². The average molecular weight is 238 g/mol. The molecule has 0 aliphatic heterocycles. The molecule has 3 rings (SSSR count). The molecule has 18 heavy (non-hydrogen) atoms. The van der Waals surface area contributed by atoms with E-state index in [4.69, 9.17) is 9.68 Å². The van der Waals surface area contributed by atoms with Gasteiger partial charge in [0, 0.05) is 5.56 Å². The number of aromatic nitrogens is 1. The number of oxazole rings is 1. The molecule has 0 N–H and O–H groups in total. The van der Waals surface area contributed by atoms with E-state index in [1.54, 1.807) is 30.3 Å². The van der Waals surface area contributed by atoms with Crippen LogP contribution in [-0.4, -0.2) is 4.98 Å². The van der Waals surface area contributed by atoms with Gasteiger partial charge in [-0.1, -0.05) is 6.07 Å². The summed E-state index contributed by atoms with van der Waals surface area (Å²) in [5.41, 5.74) is 2.26. The van der Waals surface area contributed by atoms with Gasteiger partial charge >= 0.3 is 0 Å². The molecule has 4 heteroatoms. The average Bonchev–Trinajstić information content (AvgIpc) is 2.81. The summed E-state index contributed by atoms with van der Waals surface area (Å²) in [5, 5.41) is 8.80. The quantitative estimate of drug-likeness (QED) is 0.651. The number of hydrogen-bond acceptors (Lipinski definition) is 3. The molecule has 0 radical (unpaired) electrons. The van der Waals surface area contributed by atoms with Crippen LogP contribution in [-0.2, 0) is 0 Å². The van der Waals surface area contributed by atoms with E-state index in [1.807, 2.05) is 6.07 Å². The first kappa shape index (κ1) is 10.5. The lowest BCUT2D eigenvalue weighted by molar-refractivity contribution is 0.611. The Hall–Kier alpha value is -2.67. The van der Waals surface area contributed by atoms with Gasteiger partial charge in [-0.2, -0.15) is 5.26 Å². The highest BCUT2D eigenvalue weighted by Gasteiger charge is 2.09. The Balaban J connectivity index is 2.17. The van der Waals surface area contributed by atoms with Crippen molar-refractivity contribution < 1.29 is 8.81 Å². The second-order valence-corrected chi connectivity index (χ2v) is 3.82. The van der Waals surface area contributed by atoms with Crippen LogP contribution in [0.3, 0.4) is 0 Å². The predicted octanol–water partition coefficient (Wildman–Crippen LogP) is 3.51. The number of nitrogens with zero attached hydrogens (tertiary/aromatic N) is 2. The molecular weight excluding hydrogens is 231 g/mol. The molecule has 0 fully saturated rings. The molecular formula is C14H7FN2O. The first-order valence-electron chi connectivity index (χ1n) is 5.33. The van der Waals surface area contributed by atoms with Gasteiger partial charge in [-0.15, -0.1) is 0 Å². The van der Waals surface area contributed by atoms with E-state index in [0.717, 1.165) is 0 Å². The highest BCUT2D eigenvalue weighted by Crippen LogP contribution is 2.25. The topological polar surface area (TPSA) is 49.8 Å². The second kappa shape index (κ2) is 3.97. The molecule has 3 nitrogen and oxygen atoms in total. The van der Waals surface area contributed by atoms with Gasteiger partial charge in [-0.25, -0.2) is 9.37 Å². The van der Waals surface area contributed by atoms with Gasteiger partial charge in [-0.05, 0) is 36.4 Å². The Bertz CT molecular complexity index is 771. The number of rotatable bonds is 1. The van der Waals surface area contributed by atoms with Crippen LogP contribution in [0, 0.1) is 17.1 Å². The maximum atomic E-state index is 13.1. The molecule has 0 spiro atoms. The Morgan fingerprint density at radius 2 is 2.06 bits per heavy atom. The molecule has 2 aromatic carbocycles. The van der Waals surface area contributed by atoms with Crippen molar-refractivity contribution in [2.24, 2.45) is 0 Å². The Morgan fingerprint density at radius 1 is 1.17 bits per heavy atom. The zero-order valence-electron chi connectivity index (χ0n) is 9.22. The molecule has 0 aliphatic carbocycles.